The van der Waals surface area contributed by atoms with Gasteiger partial charge in [0.15, 0.2) is 0 Å². The molecule has 0 aliphatic carbocycles. The lowest BCUT2D eigenvalue weighted by Gasteiger charge is -2.17. The lowest BCUT2D eigenvalue weighted by molar-refractivity contribution is 0.547. The fourth-order valence-corrected chi connectivity index (χ4v) is 1.10. The molecular formula is C11H14N2. The summed E-state index contributed by atoms with van der Waals surface area (Å²) in [5.74, 6) is 0.513. The molecule has 0 fully saturated rings. The second-order valence-electron chi connectivity index (χ2n) is 2.88. The van der Waals surface area contributed by atoms with Crippen molar-refractivity contribution in [2.45, 2.75) is 13.5 Å². The summed E-state index contributed by atoms with van der Waals surface area (Å²) in [5.41, 5.74) is 1.19. The second kappa shape index (κ2) is 4.45. The van der Waals surface area contributed by atoms with Gasteiger partial charge in [-0.1, -0.05) is 36.9 Å². The van der Waals surface area contributed by atoms with Crippen molar-refractivity contribution in [3.8, 4) is 0 Å². The Morgan fingerprint density at radius 2 is 2.08 bits per heavy atom. The van der Waals surface area contributed by atoms with Crippen LogP contribution in [-0.2, 0) is 6.54 Å². The maximum atomic E-state index is 7.46. The third-order valence-corrected chi connectivity index (χ3v) is 1.85. The zero-order valence-electron chi connectivity index (χ0n) is 7.83. The smallest absolute Gasteiger partial charge is 0.0968 e. The summed E-state index contributed by atoms with van der Waals surface area (Å²) < 4.78 is 0. The Morgan fingerprint density at radius 1 is 1.46 bits per heavy atom. The van der Waals surface area contributed by atoms with Gasteiger partial charge in [-0.05, 0) is 18.7 Å². The Hall–Kier alpha value is -1.57. The van der Waals surface area contributed by atoms with Gasteiger partial charge in [-0.3, -0.25) is 5.41 Å². The van der Waals surface area contributed by atoms with Crippen LogP contribution in [0.25, 0.3) is 0 Å². The number of nitrogens with zero attached hydrogens (tertiary/aromatic N) is 1. The van der Waals surface area contributed by atoms with Crippen LogP contribution in [0.15, 0.2) is 43.1 Å². The minimum Gasteiger partial charge on any atom is -0.333 e. The number of rotatable bonds is 3. The number of hydrogen-bond donors (Lipinski definition) is 1. The van der Waals surface area contributed by atoms with Gasteiger partial charge in [0.05, 0.1) is 5.84 Å². The predicted octanol–water partition coefficient (Wildman–Crippen LogP) is 2.63. The molecule has 1 rings (SSSR count). The van der Waals surface area contributed by atoms with Crippen LogP contribution in [0.1, 0.15) is 12.5 Å². The molecule has 0 aliphatic heterocycles. The van der Waals surface area contributed by atoms with E-state index in [1.54, 1.807) is 18.0 Å². The van der Waals surface area contributed by atoms with E-state index in [0.29, 0.717) is 5.84 Å². The van der Waals surface area contributed by atoms with Crippen molar-refractivity contribution in [1.29, 1.82) is 5.41 Å². The van der Waals surface area contributed by atoms with Crippen LogP contribution in [0, 0.1) is 5.41 Å². The van der Waals surface area contributed by atoms with E-state index in [0.717, 1.165) is 6.54 Å². The van der Waals surface area contributed by atoms with Crippen LogP contribution in [0.4, 0.5) is 0 Å². The maximum absolute atomic E-state index is 7.46. The fourth-order valence-electron chi connectivity index (χ4n) is 1.10. The molecule has 0 atom stereocenters. The lowest BCUT2D eigenvalue weighted by Crippen LogP contribution is -2.20. The molecule has 1 aromatic carbocycles. The molecule has 0 unspecified atom stereocenters. The van der Waals surface area contributed by atoms with E-state index >= 15 is 0 Å². The average molecular weight is 174 g/mol. The number of hydrogen-bond acceptors (Lipinski definition) is 1. The van der Waals surface area contributed by atoms with Gasteiger partial charge >= 0.3 is 0 Å². The summed E-state index contributed by atoms with van der Waals surface area (Å²) in [7, 11) is 0. The third kappa shape index (κ3) is 2.75. The first-order valence-electron chi connectivity index (χ1n) is 4.22. The van der Waals surface area contributed by atoms with Crippen molar-refractivity contribution < 1.29 is 0 Å². The quantitative estimate of drug-likeness (QED) is 0.553. The van der Waals surface area contributed by atoms with E-state index in [4.69, 9.17) is 5.41 Å². The molecule has 0 aliphatic rings. The molecule has 0 aromatic heterocycles. The molecule has 0 heterocycles. The highest BCUT2D eigenvalue weighted by Crippen LogP contribution is 2.04. The molecule has 2 nitrogen and oxygen atoms in total. The Kier molecular flexibility index (Phi) is 3.26. The second-order valence-corrected chi connectivity index (χ2v) is 2.88. The topological polar surface area (TPSA) is 27.1 Å². The van der Waals surface area contributed by atoms with Crippen molar-refractivity contribution in [3.05, 3.63) is 48.7 Å². The summed E-state index contributed by atoms with van der Waals surface area (Å²) in [6, 6.07) is 10.1. The maximum Gasteiger partial charge on any atom is 0.0968 e. The highest BCUT2D eigenvalue weighted by Gasteiger charge is 2.00. The number of amidine groups is 1. The molecule has 1 N–H and O–H groups in total. The number of nitrogens with one attached hydrogen (secondary N) is 1. The van der Waals surface area contributed by atoms with Crippen LogP contribution in [0.2, 0.25) is 0 Å². The van der Waals surface area contributed by atoms with Crippen molar-refractivity contribution in [1.82, 2.24) is 4.90 Å². The fraction of sp³-hybridized carbons (Fsp3) is 0.182. The van der Waals surface area contributed by atoms with Gasteiger partial charge in [-0.15, -0.1) is 0 Å². The van der Waals surface area contributed by atoms with Crippen molar-refractivity contribution in [2.24, 2.45) is 0 Å². The first-order valence-corrected chi connectivity index (χ1v) is 4.22. The Morgan fingerprint density at radius 3 is 2.54 bits per heavy atom. The molecule has 1 aromatic rings. The minimum absolute atomic E-state index is 0.513. The molecule has 2 heteroatoms. The van der Waals surface area contributed by atoms with Crippen LogP contribution >= 0.6 is 0 Å². The summed E-state index contributed by atoms with van der Waals surface area (Å²) >= 11 is 0. The predicted molar refractivity (Wildman–Crippen MR) is 55.6 cm³/mol. The summed E-state index contributed by atoms with van der Waals surface area (Å²) in [4.78, 5) is 1.80. The average Bonchev–Trinajstić information content (AvgIpc) is 2.15. The standard InChI is InChI=1S/C11H14N2/c1-3-13(10(2)12)9-11-7-5-4-6-8-11/h3-8,12H,1,9H2,2H3. The van der Waals surface area contributed by atoms with E-state index in [9.17, 15) is 0 Å². The molecular weight excluding hydrogens is 160 g/mol. The van der Waals surface area contributed by atoms with Crippen LogP contribution < -0.4 is 0 Å². The zero-order valence-corrected chi connectivity index (χ0v) is 7.83. The van der Waals surface area contributed by atoms with Crippen molar-refractivity contribution >= 4 is 5.84 Å². The highest BCUT2D eigenvalue weighted by atomic mass is 15.1. The molecule has 13 heavy (non-hydrogen) atoms. The molecule has 0 saturated heterocycles. The van der Waals surface area contributed by atoms with Gasteiger partial charge in [0.1, 0.15) is 0 Å². The third-order valence-electron chi connectivity index (χ3n) is 1.85. The van der Waals surface area contributed by atoms with Gasteiger partial charge in [0.25, 0.3) is 0 Å². The molecule has 0 saturated carbocycles. The normalized spacial score (nSPS) is 9.31. The molecule has 0 amide bonds. The van der Waals surface area contributed by atoms with Crippen LogP contribution in [0.5, 0.6) is 0 Å². The van der Waals surface area contributed by atoms with Crippen molar-refractivity contribution in [2.75, 3.05) is 0 Å². The Labute approximate surface area is 79.0 Å². The highest BCUT2D eigenvalue weighted by molar-refractivity contribution is 5.77. The van der Waals surface area contributed by atoms with Gasteiger partial charge < -0.3 is 4.90 Å². The Balaban J connectivity index is 2.67. The first kappa shape index (κ1) is 9.52. The molecule has 0 bridgehead atoms. The van der Waals surface area contributed by atoms with E-state index < -0.39 is 0 Å². The monoisotopic (exact) mass is 174 g/mol. The molecule has 0 radical (unpaired) electrons. The molecule has 0 spiro atoms. The van der Waals surface area contributed by atoms with Crippen molar-refractivity contribution in [3.63, 3.8) is 0 Å². The lowest BCUT2D eigenvalue weighted by atomic mass is 10.2. The minimum atomic E-state index is 0.513. The zero-order chi connectivity index (χ0) is 9.68. The SMILES string of the molecule is C=CN(Cc1ccccc1)C(C)=N. The van der Waals surface area contributed by atoms with Gasteiger partial charge in [-0.25, -0.2) is 0 Å². The molecule has 68 valence electrons. The first-order chi connectivity index (χ1) is 6.24. The van der Waals surface area contributed by atoms with E-state index in [2.05, 4.69) is 6.58 Å². The summed E-state index contributed by atoms with van der Waals surface area (Å²) in [6.07, 6.45) is 1.68. The van der Waals surface area contributed by atoms with Gasteiger partial charge in [0, 0.05) is 6.54 Å². The van der Waals surface area contributed by atoms with E-state index in [-0.39, 0.29) is 0 Å². The Bertz CT molecular complexity index is 290. The van der Waals surface area contributed by atoms with Crippen LogP contribution in [-0.4, -0.2) is 10.7 Å². The van der Waals surface area contributed by atoms with E-state index in [1.807, 2.05) is 30.3 Å². The van der Waals surface area contributed by atoms with E-state index in [1.165, 1.54) is 5.56 Å². The van der Waals surface area contributed by atoms with Gasteiger partial charge in [-0.2, -0.15) is 0 Å². The summed E-state index contributed by atoms with van der Waals surface area (Å²) in [5, 5.41) is 7.46. The van der Waals surface area contributed by atoms with Crippen LogP contribution in [0.3, 0.4) is 0 Å². The largest absolute Gasteiger partial charge is 0.333 e. The van der Waals surface area contributed by atoms with Gasteiger partial charge in [0.2, 0.25) is 0 Å². The summed E-state index contributed by atoms with van der Waals surface area (Å²) in [6.45, 7) is 6.14. The number of benzene rings is 1.